The zero-order valence-corrected chi connectivity index (χ0v) is 10.2. The average Bonchev–Trinajstić information content (AvgIpc) is 2.42. The normalized spacial score (nSPS) is 11.2. The minimum Gasteiger partial charge on any atom is -0.279 e. The van der Waals surface area contributed by atoms with Crippen LogP contribution in [0.3, 0.4) is 0 Å². The van der Waals surface area contributed by atoms with Gasteiger partial charge in [0.1, 0.15) is 0 Å². The lowest BCUT2D eigenvalue weighted by Crippen LogP contribution is -1.90. The third-order valence-corrected chi connectivity index (χ3v) is 2.38. The Hall–Kier alpha value is -2.42. The van der Waals surface area contributed by atoms with Crippen molar-refractivity contribution in [2.45, 2.75) is 6.92 Å². The molecule has 0 aliphatic carbocycles. The van der Waals surface area contributed by atoms with Crippen LogP contribution >= 0.6 is 0 Å². The molecule has 2 aromatic rings. The summed E-state index contributed by atoms with van der Waals surface area (Å²) in [6, 6.07) is 11.9. The van der Waals surface area contributed by atoms with E-state index < -0.39 is 0 Å². The van der Waals surface area contributed by atoms with Crippen LogP contribution < -0.4 is 5.43 Å². The minimum atomic E-state index is 0.966. The van der Waals surface area contributed by atoms with E-state index in [0.29, 0.717) is 0 Å². The highest BCUT2D eigenvalue weighted by atomic mass is 15.3. The van der Waals surface area contributed by atoms with Crippen LogP contribution in [0.4, 0.5) is 5.69 Å². The van der Waals surface area contributed by atoms with Crippen LogP contribution in [0.1, 0.15) is 18.1 Å². The molecule has 0 fully saturated rings. The zero-order chi connectivity index (χ0) is 12.6. The Labute approximate surface area is 107 Å². The summed E-state index contributed by atoms with van der Waals surface area (Å²) in [5.41, 5.74) is 6.15. The second kappa shape index (κ2) is 6.35. The summed E-state index contributed by atoms with van der Waals surface area (Å²) in [5.74, 6) is 0. The highest BCUT2D eigenvalue weighted by molar-refractivity contribution is 5.79. The second-order valence-corrected chi connectivity index (χ2v) is 3.77. The Morgan fingerprint density at radius 3 is 2.39 bits per heavy atom. The molecule has 0 unspecified atom stereocenters. The third kappa shape index (κ3) is 3.56. The topological polar surface area (TPSA) is 37.3 Å². The van der Waals surface area contributed by atoms with E-state index in [1.807, 2.05) is 49.4 Å². The van der Waals surface area contributed by atoms with Crippen molar-refractivity contribution in [3.8, 4) is 0 Å². The summed E-state index contributed by atoms with van der Waals surface area (Å²) in [5, 5.41) is 4.17. The number of allylic oxidation sites excluding steroid dienone is 1. The van der Waals surface area contributed by atoms with Gasteiger partial charge in [-0.05, 0) is 42.3 Å². The first-order chi connectivity index (χ1) is 8.88. The van der Waals surface area contributed by atoms with Gasteiger partial charge in [0.2, 0.25) is 0 Å². The van der Waals surface area contributed by atoms with Gasteiger partial charge in [-0.3, -0.25) is 10.4 Å². The van der Waals surface area contributed by atoms with Crippen LogP contribution in [0, 0.1) is 0 Å². The predicted octanol–water partition coefficient (Wildman–Crippen LogP) is 3.56. The maximum absolute atomic E-state index is 4.17. The molecule has 0 radical (unpaired) electrons. The SMILES string of the molecule is C/C=C/c1ccc(N/N=C/c2ccncc2)cc1. The number of rotatable bonds is 4. The van der Waals surface area contributed by atoms with Gasteiger partial charge in [-0.15, -0.1) is 0 Å². The Bertz CT molecular complexity index is 527. The molecule has 0 atom stereocenters. The number of benzene rings is 1. The predicted molar refractivity (Wildman–Crippen MR) is 76.6 cm³/mol. The molecule has 1 aromatic heterocycles. The molecule has 0 aliphatic rings. The highest BCUT2D eigenvalue weighted by Gasteiger charge is 1.89. The van der Waals surface area contributed by atoms with Gasteiger partial charge in [0.15, 0.2) is 0 Å². The smallest absolute Gasteiger partial charge is 0.0562 e. The van der Waals surface area contributed by atoms with Crippen LogP contribution in [-0.2, 0) is 0 Å². The van der Waals surface area contributed by atoms with Gasteiger partial charge in [0.25, 0.3) is 0 Å². The van der Waals surface area contributed by atoms with Crippen LogP contribution in [0.5, 0.6) is 0 Å². The number of aromatic nitrogens is 1. The molecule has 0 saturated carbocycles. The monoisotopic (exact) mass is 237 g/mol. The fourth-order valence-corrected chi connectivity index (χ4v) is 1.49. The first-order valence-electron chi connectivity index (χ1n) is 5.80. The lowest BCUT2D eigenvalue weighted by Gasteiger charge is -2.00. The highest BCUT2D eigenvalue weighted by Crippen LogP contribution is 2.10. The number of hydrogen-bond donors (Lipinski definition) is 1. The van der Waals surface area contributed by atoms with Crippen molar-refractivity contribution in [3.05, 3.63) is 66.0 Å². The van der Waals surface area contributed by atoms with Crippen LogP contribution in [0.2, 0.25) is 0 Å². The second-order valence-electron chi connectivity index (χ2n) is 3.77. The van der Waals surface area contributed by atoms with Gasteiger partial charge < -0.3 is 0 Å². The van der Waals surface area contributed by atoms with Crippen molar-refractivity contribution in [2.75, 3.05) is 5.43 Å². The van der Waals surface area contributed by atoms with E-state index in [4.69, 9.17) is 0 Å². The third-order valence-electron chi connectivity index (χ3n) is 2.38. The molecule has 1 aromatic carbocycles. The van der Waals surface area contributed by atoms with E-state index in [1.165, 1.54) is 5.56 Å². The van der Waals surface area contributed by atoms with Gasteiger partial charge in [0, 0.05) is 12.4 Å². The molecule has 0 aliphatic heterocycles. The van der Waals surface area contributed by atoms with Crippen molar-refractivity contribution in [3.63, 3.8) is 0 Å². The van der Waals surface area contributed by atoms with Gasteiger partial charge in [-0.2, -0.15) is 5.10 Å². The van der Waals surface area contributed by atoms with Gasteiger partial charge >= 0.3 is 0 Å². The molecular weight excluding hydrogens is 222 g/mol. The van der Waals surface area contributed by atoms with Crippen molar-refractivity contribution in [1.82, 2.24) is 4.98 Å². The molecule has 3 heteroatoms. The molecule has 0 saturated heterocycles. The lowest BCUT2D eigenvalue weighted by molar-refractivity contribution is 1.31. The van der Waals surface area contributed by atoms with Gasteiger partial charge in [-0.25, -0.2) is 0 Å². The Balaban J connectivity index is 1.96. The number of hydrazone groups is 1. The Morgan fingerprint density at radius 2 is 1.72 bits per heavy atom. The van der Waals surface area contributed by atoms with Crippen LogP contribution in [-0.4, -0.2) is 11.2 Å². The molecule has 90 valence electrons. The van der Waals surface area contributed by atoms with E-state index in [-0.39, 0.29) is 0 Å². The standard InChI is InChI=1S/C15H15N3/c1-2-3-13-4-6-15(7-5-13)18-17-12-14-8-10-16-11-9-14/h2-12,18H,1H3/b3-2+,17-12+. The summed E-state index contributed by atoms with van der Waals surface area (Å²) >= 11 is 0. The number of anilines is 1. The zero-order valence-electron chi connectivity index (χ0n) is 10.2. The van der Waals surface area contributed by atoms with Gasteiger partial charge in [0.05, 0.1) is 11.9 Å². The summed E-state index contributed by atoms with van der Waals surface area (Å²) < 4.78 is 0. The fraction of sp³-hybridized carbons (Fsp3) is 0.0667. The van der Waals surface area contributed by atoms with E-state index in [2.05, 4.69) is 21.6 Å². The van der Waals surface area contributed by atoms with Crippen molar-refractivity contribution < 1.29 is 0 Å². The van der Waals surface area contributed by atoms with Crippen LogP contribution in [0.25, 0.3) is 6.08 Å². The molecule has 0 amide bonds. The molecule has 3 nitrogen and oxygen atoms in total. The average molecular weight is 237 g/mol. The number of hydrogen-bond acceptors (Lipinski definition) is 3. The van der Waals surface area contributed by atoms with Crippen molar-refractivity contribution in [1.29, 1.82) is 0 Å². The molecule has 18 heavy (non-hydrogen) atoms. The maximum Gasteiger partial charge on any atom is 0.0562 e. The molecule has 0 spiro atoms. The van der Waals surface area contributed by atoms with E-state index in [1.54, 1.807) is 18.6 Å². The number of pyridine rings is 1. The summed E-state index contributed by atoms with van der Waals surface area (Å²) in [7, 11) is 0. The van der Waals surface area contributed by atoms with E-state index >= 15 is 0 Å². The quantitative estimate of drug-likeness (QED) is 0.652. The van der Waals surface area contributed by atoms with Crippen LogP contribution in [0.15, 0.2) is 60.0 Å². The van der Waals surface area contributed by atoms with E-state index in [9.17, 15) is 0 Å². The van der Waals surface area contributed by atoms with Gasteiger partial charge in [-0.1, -0.05) is 24.3 Å². The fourth-order valence-electron chi connectivity index (χ4n) is 1.49. The number of nitrogens with one attached hydrogen (secondary N) is 1. The first kappa shape index (κ1) is 12.0. The van der Waals surface area contributed by atoms with E-state index in [0.717, 1.165) is 11.3 Å². The maximum atomic E-state index is 4.17. The summed E-state index contributed by atoms with van der Waals surface area (Å²) in [4.78, 5) is 3.95. The minimum absolute atomic E-state index is 0.966. The summed E-state index contributed by atoms with van der Waals surface area (Å²) in [6.07, 6.45) is 9.33. The summed E-state index contributed by atoms with van der Waals surface area (Å²) in [6.45, 7) is 2.01. The number of nitrogens with zero attached hydrogens (tertiary/aromatic N) is 2. The first-order valence-corrected chi connectivity index (χ1v) is 5.80. The lowest BCUT2D eigenvalue weighted by atomic mass is 10.2. The molecule has 0 bridgehead atoms. The van der Waals surface area contributed by atoms with Crippen molar-refractivity contribution in [2.24, 2.45) is 5.10 Å². The van der Waals surface area contributed by atoms with Crippen molar-refractivity contribution >= 4 is 18.0 Å². The largest absolute Gasteiger partial charge is 0.279 e. The molecule has 1 N–H and O–H groups in total. The Kier molecular flexibility index (Phi) is 4.25. The Morgan fingerprint density at radius 1 is 1.00 bits per heavy atom. The molecular formula is C15H15N3. The molecule has 2 rings (SSSR count). The molecule has 1 heterocycles.